The van der Waals surface area contributed by atoms with E-state index in [1.165, 1.54) is 13.0 Å². The van der Waals surface area contributed by atoms with Crippen LogP contribution in [0.25, 0.3) is 0 Å². The molecule has 0 aromatic heterocycles. The SMILES string of the molecule is CCC(C)N(Cc1ccc(OS(=O)(=O)CC)cc1)C(=O)c1ccc(C)c([N+](=O)[O-])c1. The van der Waals surface area contributed by atoms with Crippen LogP contribution in [0.1, 0.15) is 48.7 Å². The maximum atomic E-state index is 13.1. The molecule has 0 radical (unpaired) electrons. The maximum Gasteiger partial charge on any atom is 0.308 e. The van der Waals surface area contributed by atoms with Gasteiger partial charge in [-0.25, -0.2) is 0 Å². The lowest BCUT2D eigenvalue weighted by molar-refractivity contribution is -0.385. The van der Waals surface area contributed by atoms with Crippen LogP contribution < -0.4 is 4.18 Å². The molecule has 9 heteroatoms. The molecule has 8 nitrogen and oxygen atoms in total. The zero-order valence-corrected chi connectivity index (χ0v) is 18.3. The fourth-order valence-electron chi connectivity index (χ4n) is 2.81. The maximum absolute atomic E-state index is 13.1. The number of nitro groups is 1. The van der Waals surface area contributed by atoms with E-state index < -0.39 is 15.0 Å². The number of carbonyl (C=O) groups excluding carboxylic acids is 1. The van der Waals surface area contributed by atoms with E-state index in [1.54, 1.807) is 48.2 Å². The molecule has 1 atom stereocenters. The molecule has 0 aliphatic heterocycles. The fraction of sp³-hybridized carbons (Fsp3) is 0.381. The van der Waals surface area contributed by atoms with Crippen molar-refractivity contribution < 1.29 is 22.3 Å². The van der Waals surface area contributed by atoms with E-state index in [-0.39, 0.29) is 41.2 Å². The van der Waals surface area contributed by atoms with Crippen molar-refractivity contribution in [1.82, 2.24) is 4.90 Å². The van der Waals surface area contributed by atoms with Crippen LogP contribution in [0.3, 0.4) is 0 Å². The van der Waals surface area contributed by atoms with Crippen molar-refractivity contribution >= 4 is 21.7 Å². The molecule has 0 bridgehead atoms. The standard InChI is InChI=1S/C21H26N2O6S/c1-5-16(4)22(21(24)18-10-7-15(3)20(13-18)23(25)26)14-17-8-11-19(12-9-17)29-30(27,28)6-2/h7-13,16H,5-6,14H2,1-4H3. The van der Waals surface area contributed by atoms with Gasteiger partial charge in [0.2, 0.25) is 0 Å². The van der Waals surface area contributed by atoms with E-state index in [4.69, 9.17) is 4.18 Å². The molecule has 0 N–H and O–H groups in total. The first kappa shape index (κ1) is 23.3. The molecule has 0 saturated carbocycles. The first-order valence-electron chi connectivity index (χ1n) is 9.65. The second kappa shape index (κ2) is 9.71. The normalized spacial score (nSPS) is 12.3. The van der Waals surface area contributed by atoms with Gasteiger partial charge < -0.3 is 9.08 Å². The monoisotopic (exact) mass is 434 g/mol. The Kier molecular flexibility index (Phi) is 7.55. The molecule has 2 aromatic carbocycles. The third-order valence-corrected chi connectivity index (χ3v) is 6.04. The molecule has 0 aliphatic carbocycles. The highest BCUT2D eigenvalue weighted by Crippen LogP contribution is 2.23. The highest BCUT2D eigenvalue weighted by atomic mass is 32.2. The predicted molar refractivity (Wildman–Crippen MR) is 114 cm³/mol. The number of aryl methyl sites for hydroxylation is 1. The average Bonchev–Trinajstić information content (AvgIpc) is 2.72. The number of hydrogen-bond donors (Lipinski definition) is 0. The van der Waals surface area contributed by atoms with E-state index in [9.17, 15) is 23.3 Å². The highest BCUT2D eigenvalue weighted by Gasteiger charge is 2.23. The Morgan fingerprint density at radius 1 is 1.17 bits per heavy atom. The Balaban J connectivity index is 2.27. The second-order valence-corrected chi connectivity index (χ2v) is 8.88. The lowest BCUT2D eigenvalue weighted by atomic mass is 10.1. The molecule has 1 unspecified atom stereocenters. The molecule has 0 heterocycles. The molecule has 2 aromatic rings. The molecule has 0 aliphatic rings. The van der Waals surface area contributed by atoms with Crippen LogP contribution in [0.5, 0.6) is 5.75 Å². The molecular weight excluding hydrogens is 408 g/mol. The topological polar surface area (TPSA) is 107 Å². The van der Waals surface area contributed by atoms with E-state index in [2.05, 4.69) is 0 Å². The van der Waals surface area contributed by atoms with E-state index >= 15 is 0 Å². The van der Waals surface area contributed by atoms with Crippen molar-refractivity contribution in [3.05, 3.63) is 69.3 Å². The van der Waals surface area contributed by atoms with Crippen LogP contribution >= 0.6 is 0 Å². The van der Waals surface area contributed by atoms with Crippen LogP contribution in [0.4, 0.5) is 5.69 Å². The number of amides is 1. The van der Waals surface area contributed by atoms with Crippen LogP contribution in [-0.4, -0.2) is 35.9 Å². The van der Waals surface area contributed by atoms with E-state index in [0.717, 1.165) is 5.56 Å². The summed E-state index contributed by atoms with van der Waals surface area (Å²) >= 11 is 0. The summed E-state index contributed by atoms with van der Waals surface area (Å²) in [6.07, 6.45) is 0.704. The number of benzene rings is 2. The van der Waals surface area contributed by atoms with Crippen LogP contribution in [0.2, 0.25) is 0 Å². The third-order valence-electron chi connectivity index (χ3n) is 4.89. The van der Waals surface area contributed by atoms with Gasteiger partial charge in [-0.3, -0.25) is 14.9 Å². The second-order valence-electron chi connectivity index (χ2n) is 7.02. The van der Waals surface area contributed by atoms with Gasteiger partial charge in [0.1, 0.15) is 5.75 Å². The number of nitrogens with zero attached hydrogens (tertiary/aromatic N) is 2. The molecular formula is C21H26N2O6S. The lowest BCUT2D eigenvalue weighted by Crippen LogP contribution is -2.37. The number of rotatable bonds is 9. The first-order valence-corrected chi connectivity index (χ1v) is 11.2. The summed E-state index contributed by atoms with van der Waals surface area (Å²) in [4.78, 5) is 25.5. The number of nitro benzene ring substituents is 1. The van der Waals surface area contributed by atoms with Crippen molar-refractivity contribution in [3.8, 4) is 5.75 Å². The Labute approximate surface area is 176 Å². The minimum Gasteiger partial charge on any atom is -0.382 e. The van der Waals surface area contributed by atoms with Gasteiger partial charge >= 0.3 is 10.1 Å². The molecule has 0 fully saturated rings. The van der Waals surface area contributed by atoms with Crippen molar-refractivity contribution in [1.29, 1.82) is 0 Å². The minimum atomic E-state index is -3.61. The molecule has 162 valence electrons. The van der Waals surface area contributed by atoms with Crippen LogP contribution in [0.15, 0.2) is 42.5 Å². The Morgan fingerprint density at radius 3 is 2.33 bits per heavy atom. The first-order chi connectivity index (χ1) is 14.1. The molecule has 0 spiro atoms. The summed E-state index contributed by atoms with van der Waals surface area (Å²) in [7, 11) is -3.61. The van der Waals surface area contributed by atoms with Crippen molar-refractivity contribution in [2.45, 2.75) is 46.7 Å². The van der Waals surface area contributed by atoms with Gasteiger partial charge in [0.15, 0.2) is 0 Å². The summed E-state index contributed by atoms with van der Waals surface area (Å²) in [6.45, 7) is 7.26. The number of hydrogen-bond acceptors (Lipinski definition) is 6. The van der Waals surface area contributed by atoms with Gasteiger partial charge in [-0.1, -0.05) is 25.1 Å². The Bertz CT molecular complexity index is 1020. The van der Waals surface area contributed by atoms with Crippen molar-refractivity contribution in [2.24, 2.45) is 0 Å². The molecule has 1 amide bonds. The van der Waals surface area contributed by atoms with E-state index in [0.29, 0.717) is 12.0 Å². The van der Waals surface area contributed by atoms with Crippen molar-refractivity contribution in [3.63, 3.8) is 0 Å². The molecule has 30 heavy (non-hydrogen) atoms. The molecule has 2 rings (SSSR count). The van der Waals surface area contributed by atoms with Gasteiger partial charge in [0, 0.05) is 29.8 Å². The van der Waals surface area contributed by atoms with Gasteiger partial charge in [-0.05, 0) is 51.0 Å². The van der Waals surface area contributed by atoms with Gasteiger partial charge in [0.05, 0.1) is 10.7 Å². The zero-order chi connectivity index (χ0) is 22.5. The van der Waals surface area contributed by atoms with Crippen LogP contribution in [-0.2, 0) is 16.7 Å². The summed E-state index contributed by atoms with van der Waals surface area (Å²) in [6, 6.07) is 10.8. The zero-order valence-electron chi connectivity index (χ0n) is 17.5. The third kappa shape index (κ3) is 5.79. The Hall–Kier alpha value is -2.94. The Morgan fingerprint density at radius 2 is 1.80 bits per heavy atom. The summed E-state index contributed by atoms with van der Waals surface area (Å²) in [5, 5.41) is 11.2. The van der Waals surface area contributed by atoms with Gasteiger partial charge in [0.25, 0.3) is 11.6 Å². The average molecular weight is 435 g/mol. The molecule has 0 saturated heterocycles. The van der Waals surface area contributed by atoms with Gasteiger partial charge in [-0.2, -0.15) is 8.42 Å². The predicted octanol–water partition coefficient (Wildman–Crippen LogP) is 4.07. The van der Waals surface area contributed by atoms with Crippen molar-refractivity contribution in [2.75, 3.05) is 5.75 Å². The van der Waals surface area contributed by atoms with Crippen LogP contribution in [0, 0.1) is 17.0 Å². The lowest BCUT2D eigenvalue weighted by Gasteiger charge is -2.29. The smallest absolute Gasteiger partial charge is 0.308 e. The highest BCUT2D eigenvalue weighted by molar-refractivity contribution is 7.87. The summed E-state index contributed by atoms with van der Waals surface area (Å²) < 4.78 is 28.1. The summed E-state index contributed by atoms with van der Waals surface area (Å²) in [5.41, 5.74) is 1.43. The largest absolute Gasteiger partial charge is 0.382 e. The fourth-order valence-corrected chi connectivity index (χ4v) is 3.33. The van der Waals surface area contributed by atoms with Gasteiger partial charge in [-0.15, -0.1) is 0 Å². The number of carbonyl (C=O) groups is 1. The summed E-state index contributed by atoms with van der Waals surface area (Å²) in [5.74, 6) is -0.231. The van der Waals surface area contributed by atoms with E-state index in [1.807, 2.05) is 13.8 Å². The minimum absolute atomic E-state index is 0.0939. The quantitative estimate of drug-likeness (QED) is 0.334.